The van der Waals surface area contributed by atoms with Crippen molar-refractivity contribution in [2.75, 3.05) is 13.7 Å². The Kier molecular flexibility index (Phi) is 8.13. The maximum absolute atomic E-state index is 5.93. The molecule has 2 aromatic rings. The minimum absolute atomic E-state index is 0.526. The molecule has 4 heteroatoms. The highest BCUT2D eigenvalue weighted by atomic mass is 79.9. The van der Waals surface area contributed by atoms with Gasteiger partial charge in [0.05, 0.1) is 7.11 Å². The number of methoxy groups -OCH3 is 1. The molecule has 24 heavy (non-hydrogen) atoms. The fourth-order valence-corrected chi connectivity index (χ4v) is 2.91. The monoisotopic (exact) mass is 391 g/mol. The Morgan fingerprint density at radius 1 is 1.04 bits per heavy atom. The summed E-state index contributed by atoms with van der Waals surface area (Å²) in [6.45, 7) is 4.60. The molecule has 0 unspecified atom stereocenters. The van der Waals surface area contributed by atoms with Gasteiger partial charge in [-0.15, -0.1) is 0 Å². The number of unbranched alkanes of at least 4 members (excludes halogenated alkanes) is 2. The molecule has 3 nitrogen and oxygen atoms in total. The summed E-state index contributed by atoms with van der Waals surface area (Å²) in [6, 6.07) is 14.2. The molecule has 2 aromatic carbocycles. The van der Waals surface area contributed by atoms with Crippen LogP contribution >= 0.6 is 15.9 Å². The standard InChI is InChI=1S/C20H26BrNO2/c1-3-4-8-11-22-14-17-12-19(23-2)20(13-18(17)21)24-15-16-9-6-5-7-10-16/h5-7,9-10,12-13,22H,3-4,8,11,14-15H2,1-2H3. The van der Waals surface area contributed by atoms with E-state index in [1.54, 1.807) is 7.11 Å². The number of halogens is 1. The zero-order valence-electron chi connectivity index (χ0n) is 14.5. The summed E-state index contributed by atoms with van der Waals surface area (Å²) >= 11 is 3.64. The third-order valence-corrected chi connectivity index (χ3v) is 4.58. The average Bonchev–Trinajstić information content (AvgIpc) is 2.62. The Morgan fingerprint density at radius 3 is 2.54 bits per heavy atom. The highest BCUT2D eigenvalue weighted by Gasteiger charge is 2.10. The van der Waals surface area contributed by atoms with E-state index < -0.39 is 0 Å². The Hall–Kier alpha value is -1.52. The molecule has 0 bridgehead atoms. The van der Waals surface area contributed by atoms with Gasteiger partial charge in [0.2, 0.25) is 0 Å². The number of hydrogen-bond donors (Lipinski definition) is 1. The van der Waals surface area contributed by atoms with E-state index in [-0.39, 0.29) is 0 Å². The molecule has 0 aliphatic carbocycles. The van der Waals surface area contributed by atoms with Crippen LogP contribution < -0.4 is 14.8 Å². The van der Waals surface area contributed by atoms with Gasteiger partial charge in [-0.3, -0.25) is 0 Å². The van der Waals surface area contributed by atoms with Crippen LogP contribution in [0, 0.1) is 0 Å². The summed E-state index contributed by atoms with van der Waals surface area (Å²) in [6.07, 6.45) is 3.72. The Labute approximate surface area is 153 Å². The molecule has 0 aromatic heterocycles. The van der Waals surface area contributed by atoms with Crippen molar-refractivity contribution in [3.8, 4) is 11.5 Å². The van der Waals surface area contributed by atoms with E-state index in [1.165, 1.54) is 24.8 Å². The van der Waals surface area contributed by atoms with E-state index in [0.717, 1.165) is 34.6 Å². The topological polar surface area (TPSA) is 30.5 Å². The maximum Gasteiger partial charge on any atom is 0.162 e. The van der Waals surface area contributed by atoms with Gasteiger partial charge in [-0.1, -0.05) is 66.0 Å². The number of hydrogen-bond acceptors (Lipinski definition) is 3. The summed E-state index contributed by atoms with van der Waals surface area (Å²) in [5.41, 5.74) is 2.31. The van der Waals surface area contributed by atoms with E-state index in [2.05, 4.69) is 40.3 Å². The number of rotatable bonds is 10. The molecule has 0 atom stereocenters. The lowest BCUT2D eigenvalue weighted by molar-refractivity contribution is 0.284. The van der Waals surface area contributed by atoms with Crippen molar-refractivity contribution in [1.29, 1.82) is 0 Å². The summed E-state index contributed by atoms with van der Waals surface area (Å²) < 4.78 is 12.5. The van der Waals surface area contributed by atoms with E-state index in [4.69, 9.17) is 9.47 Å². The average molecular weight is 392 g/mol. The minimum Gasteiger partial charge on any atom is -0.493 e. The van der Waals surface area contributed by atoms with Gasteiger partial charge < -0.3 is 14.8 Å². The molecule has 1 N–H and O–H groups in total. The maximum atomic E-state index is 5.93. The second-order valence-electron chi connectivity index (χ2n) is 5.75. The molecule has 0 aliphatic heterocycles. The number of nitrogens with one attached hydrogen (secondary N) is 1. The molecule has 0 saturated heterocycles. The molecule has 130 valence electrons. The van der Waals surface area contributed by atoms with E-state index in [9.17, 15) is 0 Å². The lowest BCUT2D eigenvalue weighted by Gasteiger charge is -2.14. The lowest BCUT2D eigenvalue weighted by Crippen LogP contribution is -2.15. The van der Waals surface area contributed by atoms with Gasteiger partial charge in [0, 0.05) is 11.0 Å². The molecule has 2 rings (SSSR count). The molecule has 0 fully saturated rings. The summed E-state index contributed by atoms with van der Waals surface area (Å²) in [5.74, 6) is 1.52. The predicted octanol–water partition coefficient (Wildman–Crippen LogP) is 5.32. The van der Waals surface area contributed by atoms with Crippen LogP contribution in [0.1, 0.15) is 37.3 Å². The highest BCUT2D eigenvalue weighted by Crippen LogP contribution is 2.34. The molecule has 0 amide bonds. The largest absolute Gasteiger partial charge is 0.493 e. The van der Waals surface area contributed by atoms with Crippen molar-refractivity contribution in [2.24, 2.45) is 0 Å². The van der Waals surface area contributed by atoms with E-state index >= 15 is 0 Å². The fourth-order valence-electron chi connectivity index (χ4n) is 2.44. The second kappa shape index (κ2) is 10.4. The smallest absolute Gasteiger partial charge is 0.162 e. The summed E-state index contributed by atoms with van der Waals surface area (Å²) in [4.78, 5) is 0. The first-order chi connectivity index (χ1) is 11.7. The van der Waals surface area contributed by atoms with Crippen LogP contribution in [0.5, 0.6) is 11.5 Å². The predicted molar refractivity (Wildman–Crippen MR) is 103 cm³/mol. The van der Waals surface area contributed by atoms with Crippen molar-refractivity contribution in [2.45, 2.75) is 39.3 Å². The first kappa shape index (κ1) is 18.8. The minimum atomic E-state index is 0.526. The molecular weight excluding hydrogens is 366 g/mol. The Balaban J connectivity index is 1.98. The zero-order valence-corrected chi connectivity index (χ0v) is 16.1. The number of ether oxygens (including phenoxy) is 2. The van der Waals surface area contributed by atoms with Crippen LogP contribution in [-0.4, -0.2) is 13.7 Å². The molecule has 0 spiro atoms. The van der Waals surface area contributed by atoms with Gasteiger partial charge in [0.15, 0.2) is 11.5 Å². The van der Waals surface area contributed by atoms with Crippen LogP contribution in [-0.2, 0) is 13.2 Å². The molecule has 0 heterocycles. The van der Waals surface area contributed by atoms with Gasteiger partial charge >= 0.3 is 0 Å². The normalized spacial score (nSPS) is 10.6. The van der Waals surface area contributed by atoms with Gasteiger partial charge in [-0.25, -0.2) is 0 Å². The SMILES string of the molecule is CCCCCNCc1cc(OC)c(OCc2ccccc2)cc1Br. The van der Waals surface area contributed by atoms with E-state index in [0.29, 0.717) is 6.61 Å². The lowest BCUT2D eigenvalue weighted by atomic mass is 10.2. The van der Waals surface area contributed by atoms with Gasteiger partial charge in [0.1, 0.15) is 6.61 Å². The van der Waals surface area contributed by atoms with Crippen molar-refractivity contribution in [1.82, 2.24) is 5.32 Å². The van der Waals surface area contributed by atoms with Crippen LogP contribution in [0.2, 0.25) is 0 Å². The van der Waals surface area contributed by atoms with Crippen LogP contribution in [0.15, 0.2) is 46.9 Å². The summed E-state index contributed by atoms with van der Waals surface area (Å²) in [7, 11) is 1.68. The first-order valence-corrected chi connectivity index (χ1v) is 9.27. The van der Waals surface area contributed by atoms with Crippen LogP contribution in [0.25, 0.3) is 0 Å². The molecule has 0 aliphatic rings. The Morgan fingerprint density at radius 2 is 1.83 bits per heavy atom. The second-order valence-corrected chi connectivity index (χ2v) is 6.61. The van der Waals surface area contributed by atoms with Crippen molar-refractivity contribution >= 4 is 15.9 Å². The van der Waals surface area contributed by atoms with Crippen LogP contribution in [0.4, 0.5) is 0 Å². The van der Waals surface area contributed by atoms with Gasteiger partial charge in [-0.05, 0) is 36.2 Å². The van der Waals surface area contributed by atoms with Crippen molar-refractivity contribution in [3.63, 3.8) is 0 Å². The van der Waals surface area contributed by atoms with Crippen molar-refractivity contribution in [3.05, 3.63) is 58.1 Å². The zero-order chi connectivity index (χ0) is 17.2. The van der Waals surface area contributed by atoms with Crippen LogP contribution in [0.3, 0.4) is 0 Å². The number of benzene rings is 2. The first-order valence-electron chi connectivity index (χ1n) is 8.48. The van der Waals surface area contributed by atoms with Gasteiger partial charge in [0.25, 0.3) is 0 Å². The highest BCUT2D eigenvalue weighted by molar-refractivity contribution is 9.10. The van der Waals surface area contributed by atoms with Crippen molar-refractivity contribution < 1.29 is 9.47 Å². The fraction of sp³-hybridized carbons (Fsp3) is 0.400. The van der Waals surface area contributed by atoms with Gasteiger partial charge in [-0.2, -0.15) is 0 Å². The third-order valence-electron chi connectivity index (χ3n) is 3.84. The quantitative estimate of drug-likeness (QED) is 0.556. The molecular formula is C20H26BrNO2. The van der Waals surface area contributed by atoms with E-state index in [1.807, 2.05) is 30.3 Å². The molecule has 0 saturated carbocycles. The Bertz CT molecular complexity index is 617. The molecule has 0 radical (unpaired) electrons. The third kappa shape index (κ3) is 5.84. The summed E-state index contributed by atoms with van der Waals surface area (Å²) in [5, 5.41) is 3.48.